The van der Waals surface area contributed by atoms with Crippen molar-refractivity contribution in [3.05, 3.63) is 47.5 Å². The molecule has 1 N–H and O–H groups in total. The fourth-order valence-corrected chi connectivity index (χ4v) is 2.53. The number of Topliss-reactive ketones (excluding diaryl/α,β-unsaturated/α-hetero) is 1. The number of benzene rings is 2. The van der Waals surface area contributed by atoms with Crippen molar-refractivity contribution in [2.24, 2.45) is 0 Å². The van der Waals surface area contributed by atoms with Crippen LogP contribution in [-0.4, -0.2) is 54.5 Å². The number of ether oxygens (including phenoxy) is 1. The molecule has 0 heterocycles. The number of hydrogen-bond acceptors (Lipinski definition) is 5. The first kappa shape index (κ1) is 19.6. The molecule has 6 heteroatoms. The summed E-state index contributed by atoms with van der Waals surface area (Å²) in [5, 5.41) is 10.7. The first-order valence-corrected chi connectivity index (χ1v) is 8.39. The van der Waals surface area contributed by atoms with E-state index in [2.05, 4.69) is 0 Å². The zero-order valence-electron chi connectivity index (χ0n) is 15.2. The van der Waals surface area contributed by atoms with E-state index in [1.807, 2.05) is 30.3 Å². The Morgan fingerprint density at radius 1 is 1.12 bits per heavy atom. The van der Waals surface area contributed by atoms with Crippen molar-refractivity contribution >= 4 is 28.4 Å². The topological polar surface area (TPSA) is 83.9 Å². The minimum Gasteiger partial charge on any atom is -0.455 e. The van der Waals surface area contributed by atoms with Crippen LogP contribution < -0.4 is 0 Å². The lowest BCUT2D eigenvalue weighted by Crippen LogP contribution is -2.33. The summed E-state index contributed by atoms with van der Waals surface area (Å²) in [5.74, 6) is -1.38. The number of amides is 1. The number of aliphatic hydroxyl groups is 1. The van der Waals surface area contributed by atoms with Gasteiger partial charge < -0.3 is 14.7 Å². The van der Waals surface area contributed by atoms with E-state index in [1.54, 1.807) is 13.0 Å². The number of carbonyl (C=O) groups is 3. The molecule has 0 bridgehead atoms. The van der Waals surface area contributed by atoms with Crippen LogP contribution in [-0.2, 0) is 14.3 Å². The summed E-state index contributed by atoms with van der Waals surface area (Å²) in [4.78, 5) is 36.8. The second-order valence-corrected chi connectivity index (χ2v) is 6.25. The maximum atomic E-state index is 12.2. The van der Waals surface area contributed by atoms with Crippen molar-refractivity contribution in [1.29, 1.82) is 0 Å². The first-order valence-electron chi connectivity index (χ1n) is 8.39. The summed E-state index contributed by atoms with van der Waals surface area (Å²) in [6.45, 7) is 2.94. The van der Waals surface area contributed by atoms with Gasteiger partial charge in [0.2, 0.25) is 0 Å². The van der Waals surface area contributed by atoms with E-state index < -0.39 is 11.9 Å². The highest BCUT2D eigenvalue weighted by Gasteiger charge is 2.19. The van der Waals surface area contributed by atoms with Crippen molar-refractivity contribution in [1.82, 2.24) is 4.90 Å². The quantitative estimate of drug-likeness (QED) is 0.606. The molecule has 0 saturated carbocycles. The van der Waals surface area contributed by atoms with Gasteiger partial charge in [-0.2, -0.15) is 0 Å². The number of fused-ring (bicyclic) bond motifs is 1. The molecule has 0 aliphatic heterocycles. The molecule has 0 fully saturated rings. The second-order valence-electron chi connectivity index (χ2n) is 6.25. The molecule has 1 unspecified atom stereocenters. The molecule has 1 atom stereocenters. The highest BCUT2D eigenvalue weighted by Crippen LogP contribution is 2.24. The van der Waals surface area contributed by atoms with E-state index in [-0.39, 0.29) is 31.4 Å². The molecule has 138 valence electrons. The van der Waals surface area contributed by atoms with Crippen molar-refractivity contribution in [2.45, 2.75) is 19.8 Å². The van der Waals surface area contributed by atoms with Crippen LogP contribution in [0, 0.1) is 0 Å². The van der Waals surface area contributed by atoms with Gasteiger partial charge in [0.25, 0.3) is 5.91 Å². The molecule has 2 aromatic carbocycles. The number of likely N-dealkylation sites (N-methyl/N-ethyl adjacent to an activating group) is 1. The zero-order chi connectivity index (χ0) is 19.3. The lowest BCUT2D eigenvalue weighted by atomic mass is 9.96. The molecular weight excluding hydrogens is 334 g/mol. The molecule has 0 saturated heterocycles. The Kier molecular flexibility index (Phi) is 6.46. The van der Waals surface area contributed by atoms with Crippen LogP contribution in [0.25, 0.3) is 10.8 Å². The molecule has 26 heavy (non-hydrogen) atoms. The molecule has 2 aromatic rings. The smallest absolute Gasteiger partial charge is 0.313 e. The molecule has 0 aliphatic rings. The van der Waals surface area contributed by atoms with Crippen molar-refractivity contribution in [3.63, 3.8) is 0 Å². The Labute approximate surface area is 152 Å². The summed E-state index contributed by atoms with van der Waals surface area (Å²) in [5.41, 5.74) is 1.41. The largest absolute Gasteiger partial charge is 0.455 e. The molecule has 2 rings (SSSR count). The van der Waals surface area contributed by atoms with Crippen molar-refractivity contribution < 1.29 is 24.2 Å². The minimum atomic E-state index is -0.525. The standard InChI is InChI=1S/C20H23NO5/c1-13(20(25)26-12-19(24)21(3)8-9-22)15-4-6-18-11-16(14(2)23)5-7-17(18)10-15/h4-7,10-11,13,22H,8-9,12H2,1-3H3. The van der Waals surface area contributed by atoms with E-state index in [0.29, 0.717) is 5.56 Å². The SMILES string of the molecule is CC(=O)c1ccc2cc(C(C)C(=O)OCC(=O)N(C)CCO)ccc2c1. The van der Waals surface area contributed by atoms with E-state index in [1.165, 1.54) is 18.9 Å². The monoisotopic (exact) mass is 357 g/mol. The van der Waals surface area contributed by atoms with Gasteiger partial charge in [-0.3, -0.25) is 14.4 Å². The number of aliphatic hydroxyl groups excluding tert-OH is 1. The Hall–Kier alpha value is -2.73. The van der Waals surface area contributed by atoms with Crippen molar-refractivity contribution in [2.75, 3.05) is 26.8 Å². The predicted octanol–water partition coefficient (Wildman–Crippen LogP) is 2.14. The van der Waals surface area contributed by atoms with Gasteiger partial charge in [0.05, 0.1) is 12.5 Å². The van der Waals surface area contributed by atoms with Crippen molar-refractivity contribution in [3.8, 4) is 0 Å². The number of nitrogens with zero attached hydrogens (tertiary/aromatic N) is 1. The summed E-state index contributed by atoms with van der Waals surface area (Å²) < 4.78 is 5.09. The van der Waals surface area contributed by atoms with Crippen LogP contribution in [0.2, 0.25) is 0 Å². The predicted molar refractivity (Wildman–Crippen MR) is 98.0 cm³/mol. The van der Waals surface area contributed by atoms with Gasteiger partial charge in [-0.1, -0.05) is 30.3 Å². The molecule has 1 amide bonds. The Morgan fingerprint density at radius 3 is 2.42 bits per heavy atom. The second kappa shape index (κ2) is 8.58. The van der Waals surface area contributed by atoms with E-state index in [4.69, 9.17) is 9.84 Å². The number of hydrogen-bond donors (Lipinski definition) is 1. The van der Waals surface area contributed by atoms with Gasteiger partial charge in [-0.15, -0.1) is 0 Å². The maximum Gasteiger partial charge on any atom is 0.313 e. The third kappa shape index (κ3) is 4.67. The first-order chi connectivity index (χ1) is 12.3. The van der Waals surface area contributed by atoms with Crippen LogP contribution in [0.15, 0.2) is 36.4 Å². The van der Waals surface area contributed by atoms with Crippen LogP contribution in [0.3, 0.4) is 0 Å². The van der Waals surface area contributed by atoms with Gasteiger partial charge in [0.1, 0.15) is 0 Å². The summed E-state index contributed by atoms with van der Waals surface area (Å²) in [6.07, 6.45) is 0. The fourth-order valence-electron chi connectivity index (χ4n) is 2.53. The number of rotatable bonds is 7. The number of ketones is 1. The van der Waals surface area contributed by atoms with Crippen LogP contribution in [0.1, 0.15) is 35.7 Å². The van der Waals surface area contributed by atoms with Gasteiger partial charge in [-0.05, 0) is 36.2 Å². The van der Waals surface area contributed by atoms with Crippen LogP contribution in [0.5, 0.6) is 0 Å². The summed E-state index contributed by atoms with van der Waals surface area (Å²) >= 11 is 0. The highest BCUT2D eigenvalue weighted by molar-refractivity contribution is 5.98. The molecule has 0 aromatic heterocycles. The lowest BCUT2D eigenvalue weighted by molar-refractivity contribution is -0.152. The van der Waals surface area contributed by atoms with E-state index >= 15 is 0 Å². The van der Waals surface area contributed by atoms with E-state index in [0.717, 1.165) is 16.3 Å². The third-order valence-electron chi connectivity index (χ3n) is 4.32. The Bertz CT molecular complexity index is 830. The number of esters is 1. The normalized spacial score (nSPS) is 11.8. The minimum absolute atomic E-state index is 0.00348. The third-order valence-corrected chi connectivity index (χ3v) is 4.32. The van der Waals surface area contributed by atoms with Gasteiger partial charge in [0, 0.05) is 19.2 Å². The van der Waals surface area contributed by atoms with Gasteiger partial charge in [-0.25, -0.2) is 0 Å². The Balaban J connectivity index is 2.07. The molecule has 6 nitrogen and oxygen atoms in total. The summed E-state index contributed by atoms with van der Waals surface area (Å²) in [7, 11) is 1.54. The van der Waals surface area contributed by atoms with Crippen LogP contribution >= 0.6 is 0 Å². The average molecular weight is 357 g/mol. The molecule has 0 spiro atoms. The highest BCUT2D eigenvalue weighted by atomic mass is 16.5. The Morgan fingerprint density at radius 2 is 1.77 bits per heavy atom. The van der Waals surface area contributed by atoms with Gasteiger partial charge in [0.15, 0.2) is 12.4 Å². The average Bonchev–Trinajstić information content (AvgIpc) is 2.64. The van der Waals surface area contributed by atoms with Crippen LogP contribution in [0.4, 0.5) is 0 Å². The van der Waals surface area contributed by atoms with E-state index in [9.17, 15) is 14.4 Å². The maximum absolute atomic E-state index is 12.2. The fraction of sp³-hybridized carbons (Fsp3) is 0.350. The van der Waals surface area contributed by atoms with Gasteiger partial charge >= 0.3 is 5.97 Å². The zero-order valence-corrected chi connectivity index (χ0v) is 15.2. The molecular formula is C20H23NO5. The lowest BCUT2D eigenvalue weighted by Gasteiger charge is -2.17. The molecule has 0 aliphatic carbocycles. The number of carbonyl (C=O) groups excluding carboxylic acids is 3. The summed E-state index contributed by atoms with van der Waals surface area (Å²) in [6, 6.07) is 11.0. The molecule has 0 radical (unpaired) electrons.